The minimum atomic E-state index is -1.23. The molecule has 0 bridgehead atoms. The topological polar surface area (TPSA) is 124 Å². The maximum absolute atomic E-state index is 10.9. The molecule has 0 spiro atoms. The monoisotopic (exact) mass is 266 g/mol. The van der Waals surface area contributed by atoms with E-state index in [2.05, 4.69) is 0 Å². The fourth-order valence-corrected chi connectivity index (χ4v) is 1.68. The first kappa shape index (κ1) is 14.6. The number of nitro groups is 1. The van der Waals surface area contributed by atoms with Crippen molar-refractivity contribution in [2.24, 2.45) is 11.7 Å². The van der Waals surface area contributed by atoms with Crippen LogP contribution in [0.2, 0.25) is 0 Å². The fraction of sp³-hybridized carbons (Fsp3) is 0.333. The Morgan fingerprint density at radius 2 is 1.89 bits per heavy atom. The second-order valence-electron chi connectivity index (χ2n) is 4.11. The first-order chi connectivity index (χ1) is 8.91. The van der Waals surface area contributed by atoms with Gasteiger partial charge in [0.25, 0.3) is 5.69 Å². The van der Waals surface area contributed by atoms with E-state index >= 15 is 0 Å². The van der Waals surface area contributed by atoms with Crippen molar-refractivity contribution in [2.45, 2.75) is 19.3 Å². The number of hydrogen-bond donors (Lipinski definition) is 2. The Labute approximate surface area is 109 Å². The molecule has 1 amide bonds. The SMILES string of the molecule is NC(=O)C(CCCc1ccc([N+](=O)[O-])cc1)C(=O)O. The third kappa shape index (κ3) is 4.38. The Morgan fingerprint density at radius 1 is 1.32 bits per heavy atom. The molecule has 1 rings (SSSR count). The molecule has 0 aliphatic carbocycles. The highest BCUT2D eigenvalue weighted by molar-refractivity contribution is 5.95. The van der Waals surface area contributed by atoms with Crippen LogP contribution in [0, 0.1) is 16.0 Å². The smallest absolute Gasteiger partial charge is 0.316 e. The number of benzene rings is 1. The van der Waals surface area contributed by atoms with E-state index in [1.165, 1.54) is 12.1 Å². The van der Waals surface area contributed by atoms with Gasteiger partial charge in [-0.2, -0.15) is 0 Å². The lowest BCUT2D eigenvalue weighted by atomic mass is 9.99. The van der Waals surface area contributed by atoms with Gasteiger partial charge in [0.1, 0.15) is 5.92 Å². The van der Waals surface area contributed by atoms with Gasteiger partial charge in [-0.1, -0.05) is 12.1 Å². The van der Waals surface area contributed by atoms with Crippen LogP contribution in [0.15, 0.2) is 24.3 Å². The Hall–Kier alpha value is -2.44. The van der Waals surface area contributed by atoms with Crippen LogP contribution in [-0.2, 0) is 16.0 Å². The number of carbonyl (C=O) groups is 2. The van der Waals surface area contributed by atoms with Gasteiger partial charge in [0, 0.05) is 12.1 Å². The van der Waals surface area contributed by atoms with E-state index in [4.69, 9.17) is 10.8 Å². The minimum Gasteiger partial charge on any atom is -0.481 e. The zero-order valence-corrected chi connectivity index (χ0v) is 10.1. The van der Waals surface area contributed by atoms with Gasteiger partial charge in [-0.05, 0) is 24.8 Å². The van der Waals surface area contributed by atoms with Gasteiger partial charge in [-0.25, -0.2) is 0 Å². The molecule has 7 heteroatoms. The number of primary amides is 1. The summed E-state index contributed by atoms with van der Waals surface area (Å²) in [6.07, 6.45) is 1.16. The van der Waals surface area contributed by atoms with E-state index < -0.39 is 22.7 Å². The van der Waals surface area contributed by atoms with Crippen LogP contribution in [0.25, 0.3) is 0 Å². The van der Waals surface area contributed by atoms with E-state index in [1.807, 2.05) is 0 Å². The summed E-state index contributed by atoms with van der Waals surface area (Å²) in [7, 11) is 0. The molecule has 1 aromatic carbocycles. The summed E-state index contributed by atoms with van der Waals surface area (Å²) >= 11 is 0. The van der Waals surface area contributed by atoms with Crippen LogP contribution in [0.4, 0.5) is 5.69 Å². The van der Waals surface area contributed by atoms with Gasteiger partial charge in [-0.3, -0.25) is 19.7 Å². The maximum atomic E-state index is 10.9. The number of nitro benzene ring substituents is 1. The summed E-state index contributed by atoms with van der Waals surface area (Å²) in [6, 6.07) is 5.99. The summed E-state index contributed by atoms with van der Waals surface area (Å²) in [5, 5.41) is 19.2. The first-order valence-electron chi connectivity index (χ1n) is 5.67. The van der Waals surface area contributed by atoms with Gasteiger partial charge in [0.05, 0.1) is 4.92 Å². The number of carboxylic acids is 1. The fourth-order valence-electron chi connectivity index (χ4n) is 1.68. The zero-order valence-electron chi connectivity index (χ0n) is 10.1. The highest BCUT2D eigenvalue weighted by Gasteiger charge is 2.22. The predicted octanol–water partition coefficient (Wildman–Crippen LogP) is 1.10. The number of aryl methyl sites for hydroxylation is 1. The summed E-state index contributed by atoms with van der Waals surface area (Å²) < 4.78 is 0. The Morgan fingerprint density at radius 3 is 2.32 bits per heavy atom. The standard InChI is InChI=1S/C12H14N2O5/c13-11(15)10(12(16)17)3-1-2-8-4-6-9(7-5-8)14(18)19/h4-7,10H,1-3H2,(H2,13,15)(H,16,17). The molecule has 1 unspecified atom stereocenters. The van der Waals surface area contributed by atoms with Crippen molar-refractivity contribution in [3.63, 3.8) is 0 Å². The van der Waals surface area contributed by atoms with E-state index in [-0.39, 0.29) is 12.1 Å². The normalized spacial score (nSPS) is 11.8. The van der Waals surface area contributed by atoms with Gasteiger partial charge >= 0.3 is 5.97 Å². The van der Waals surface area contributed by atoms with Crippen molar-refractivity contribution in [2.75, 3.05) is 0 Å². The third-order valence-corrected chi connectivity index (χ3v) is 2.75. The molecule has 0 aliphatic rings. The second-order valence-corrected chi connectivity index (χ2v) is 4.11. The highest BCUT2D eigenvalue weighted by atomic mass is 16.6. The van der Waals surface area contributed by atoms with E-state index in [1.54, 1.807) is 12.1 Å². The van der Waals surface area contributed by atoms with Gasteiger partial charge < -0.3 is 10.8 Å². The van der Waals surface area contributed by atoms with Crippen LogP contribution in [0.1, 0.15) is 18.4 Å². The van der Waals surface area contributed by atoms with E-state index in [0.29, 0.717) is 12.8 Å². The molecule has 1 atom stereocenters. The van der Waals surface area contributed by atoms with Crippen molar-refractivity contribution in [3.05, 3.63) is 39.9 Å². The summed E-state index contributed by atoms with van der Waals surface area (Å²) in [4.78, 5) is 31.6. The summed E-state index contributed by atoms with van der Waals surface area (Å²) in [6.45, 7) is 0. The van der Waals surface area contributed by atoms with Crippen molar-refractivity contribution in [1.82, 2.24) is 0 Å². The number of amides is 1. The molecule has 0 saturated carbocycles. The lowest BCUT2D eigenvalue weighted by Gasteiger charge is -2.07. The molecule has 0 aliphatic heterocycles. The minimum absolute atomic E-state index is 0.00398. The third-order valence-electron chi connectivity index (χ3n) is 2.75. The maximum Gasteiger partial charge on any atom is 0.316 e. The van der Waals surface area contributed by atoms with Gasteiger partial charge in [0.15, 0.2) is 0 Å². The molecule has 1 aromatic rings. The zero-order chi connectivity index (χ0) is 14.4. The Bertz CT molecular complexity index is 469. The Kier molecular flexibility index (Phi) is 4.99. The predicted molar refractivity (Wildman–Crippen MR) is 66.4 cm³/mol. The number of carboxylic acid groups (broad SMARTS) is 1. The number of nitrogens with two attached hydrogens (primary N) is 1. The molecule has 3 N–H and O–H groups in total. The first-order valence-corrected chi connectivity index (χ1v) is 5.67. The van der Waals surface area contributed by atoms with Crippen molar-refractivity contribution in [3.8, 4) is 0 Å². The lowest BCUT2D eigenvalue weighted by molar-refractivity contribution is -0.384. The van der Waals surface area contributed by atoms with Crippen LogP contribution in [0.3, 0.4) is 0 Å². The van der Waals surface area contributed by atoms with Gasteiger partial charge in [0.2, 0.25) is 5.91 Å². The Balaban J connectivity index is 2.51. The molecule has 0 saturated heterocycles. The van der Waals surface area contributed by atoms with E-state index in [0.717, 1.165) is 5.56 Å². The van der Waals surface area contributed by atoms with Crippen LogP contribution < -0.4 is 5.73 Å². The molecule has 102 valence electrons. The van der Waals surface area contributed by atoms with Crippen molar-refractivity contribution < 1.29 is 19.6 Å². The lowest BCUT2D eigenvalue weighted by Crippen LogP contribution is -2.30. The highest BCUT2D eigenvalue weighted by Crippen LogP contribution is 2.15. The van der Waals surface area contributed by atoms with Crippen LogP contribution in [0.5, 0.6) is 0 Å². The number of hydrogen-bond acceptors (Lipinski definition) is 4. The number of aliphatic carboxylic acids is 1. The van der Waals surface area contributed by atoms with E-state index in [9.17, 15) is 19.7 Å². The largest absolute Gasteiger partial charge is 0.481 e. The van der Waals surface area contributed by atoms with Crippen LogP contribution in [-0.4, -0.2) is 21.9 Å². The van der Waals surface area contributed by atoms with Crippen LogP contribution >= 0.6 is 0 Å². The molecule has 0 heterocycles. The molecule has 19 heavy (non-hydrogen) atoms. The number of non-ortho nitro benzene ring substituents is 1. The van der Waals surface area contributed by atoms with Crippen molar-refractivity contribution >= 4 is 17.6 Å². The number of nitrogens with zero attached hydrogens (tertiary/aromatic N) is 1. The molecular formula is C12H14N2O5. The molecule has 7 nitrogen and oxygen atoms in total. The summed E-state index contributed by atoms with van der Waals surface area (Å²) in [5.41, 5.74) is 5.83. The molecule has 0 aromatic heterocycles. The van der Waals surface area contributed by atoms with Crippen molar-refractivity contribution in [1.29, 1.82) is 0 Å². The van der Waals surface area contributed by atoms with Gasteiger partial charge in [-0.15, -0.1) is 0 Å². The second kappa shape index (κ2) is 6.48. The summed E-state index contributed by atoms with van der Waals surface area (Å²) in [5.74, 6) is -3.26. The molecule has 0 radical (unpaired) electrons. The average molecular weight is 266 g/mol. The molecule has 0 fully saturated rings. The number of rotatable bonds is 7. The number of carbonyl (C=O) groups excluding carboxylic acids is 1. The molecular weight excluding hydrogens is 252 g/mol. The average Bonchev–Trinajstić information content (AvgIpc) is 2.34. The quantitative estimate of drug-likeness (QED) is 0.434.